The van der Waals surface area contributed by atoms with E-state index in [9.17, 15) is 14.4 Å². The van der Waals surface area contributed by atoms with Gasteiger partial charge < -0.3 is 23.7 Å². The van der Waals surface area contributed by atoms with Gasteiger partial charge in [-0.25, -0.2) is 4.79 Å². The third-order valence-corrected chi connectivity index (χ3v) is 4.80. The van der Waals surface area contributed by atoms with Crippen molar-refractivity contribution in [2.75, 3.05) is 38.4 Å². The number of hydrogen-bond donors (Lipinski definition) is 0. The zero-order valence-electron chi connectivity index (χ0n) is 19.0. The first kappa shape index (κ1) is 25.2. The minimum absolute atomic E-state index is 0.0149. The molecule has 2 rings (SSSR count). The largest absolute Gasteiger partial charge is 0.465 e. The highest BCUT2D eigenvalue weighted by Gasteiger charge is 2.65. The number of fused-ring (bicyclic) bond motifs is 1. The molecule has 1 aliphatic rings. The average Bonchev–Trinajstić information content (AvgIpc) is 3.08. The first-order chi connectivity index (χ1) is 15.4. The fourth-order valence-electron chi connectivity index (χ4n) is 3.57. The maximum atomic E-state index is 13.4. The summed E-state index contributed by atoms with van der Waals surface area (Å²) in [7, 11) is 1.20. The lowest BCUT2D eigenvalue weighted by Gasteiger charge is -2.31. The van der Waals surface area contributed by atoms with Crippen LogP contribution < -0.4 is 4.90 Å². The van der Waals surface area contributed by atoms with E-state index in [1.165, 1.54) is 7.11 Å². The number of carbonyl (C=O) groups is 3. The predicted molar refractivity (Wildman–Crippen MR) is 115 cm³/mol. The fourth-order valence-corrected chi connectivity index (χ4v) is 3.57. The summed E-state index contributed by atoms with van der Waals surface area (Å²) >= 11 is 0. The molecule has 0 spiro atoms. The Labute approximate surface area is 187 Å². The van der Waals surface area contributed by atoms with Crippen molar-refractivity contribution in [3.63, 3.8) is 0 Å². The van der Waals surface area contributed by atoms with Crippen LogP contribution in [0.1, 0.15) is 33.3 Å². The second-order valence-corrected chi connectivity index (χ2v) is 6.54. The molecule has 0 saturated heterocycles. The molecule has 1 aromatic carbocycles. The van der Waals surface area contributed by atoms with Crippen LogP contribution >= 0.6 is 0 Å². The molecular weight excluding hydrogens is 418 g/mol. The number of anilines is 1. The molecule has 1 heterocycles. The zero-order valence-corrected chi connectivity index (χ0v) is 19.0. The normalized spacial score (nSPS) is 16.1. The van der Waals surface area contributed by atoms with Gasteiger partial charge in [0.1, 0.15) is 6.04 Å². The number of rotatable bonds is 8. The Morgan fingerprint density at radius 1 is 0.969 bits per heavy atom. The number of methoxy groups -OCH3 is 1. The van der Waals surface area contributed by atoms with Crippen LogP contribution in [0.15, 0.2) is 24.3 Å². The third-order valence-electron chi connectivity index (χ3n) is 4.80. The Morgan fingerprint density at radius 2 is 1.53 bits per heavy atom. The van der Waals surface area contributed by atoms with E-state index in [2.05, 4.69) is 11.8 Å². The second-order valence-electron chi connectivity index (χ2n) is 6.54. The van der Waals surface area contributed by atoms with Crippen molar-refractivity contribution >= 4 is 23.7 Å². The van der Waals surface area contributed by atoms with Crippen LogP contribution in [0.5, 0.6) is 0 Å². The molecule has 9 heteroatoms. The van der Waals surface area contributed by atoms with E-state index in [-0.39, 0.29) is 18.8 Å². The second kappa shape index (κ2) is 11.5. The number of carbonyl (C=O) groups excluding carboxylic acids is 3. The van der Waals surface area contributed by atoms with Crippen molar-refractivity contribution in [1.29, 1.82) is 0 Å². The number of hydrogen-bond acceptors (Lipinski definition) is 8. The van der Waals surface area contributed by atoms with Gasteiger partial charge in [0.2, 0.25) is 11.7 Å². The summed E-state index contributed by atoms with van der Waals surface area (Å²) in [5.41, 5.74) is -1.50. The minimum atomic E-state index is -2.03. The van der Waals surface area contributed by atoms with E-state index >= 15 is 0 Å². The smallest absolute Gasteiger partial charge is 0.415 e. The molecule has 0 bridgehead atoms. The van der Waals surface area contributed by atoms with Crippen LogP contribution in [0, 0.1) is 11.8 Å². The molecule has 1 amide bonds. The summed E-state index contributed by atoms with van der Waals surface area (Å²) in [6.07, 6.45) is -1.72. The molecule has 0 aliphatic carbocycles. The first-order valence-corrected chi connectivity index (χ1v) is 10.5. The van der Waals surface area contributed by atoms with Crippen molar-refractivity contribution in [3.05, 3.63) is 29.8 Å². The summed E-state index contributed by atoms with van der Waals surface area (Å²) in [5.74, 6) is 3.90. The summed E-state index contributed by atoms with van der Waals surface area (Å²) in [4.78, 5) is 40.7. The highest BCUT2D eigenvalue weighted by Crippen LogP contribution is 2.47. The molecule has 1 aromatic rings. The van der Waals surface area contributed by atoms with E-state index < -0.39 is 35.8 Å². The Balaban J connectivity index is 2.81. The topological polar surface area (TPSA) is 101 Å². The van der Waals surface area contributed by atoms with Crippen LogP contribution in [0.4, 0.5) is 10.5 Å². The molecule has 1 aliphatic heterocycles. The van der Waals surface area contributed by atoms with E-state index in [1.807, 2.05) is 0 Å². The summed E-state index contributed by atoms with van der Waals surface area (Å²) < 4.78 is 26.5. The van der Waals surface area contributed by atoms with Gasteiger partial charge in [-0.05, 0) is 39.7 Å². The zero-order chi connectivity index (χ0) is 23.7. The molecule has 1 atom stereocenters. The lowest BCUT2D eigenvalue weighted by atomic mass is 9.76. The van der Waals surface area contributed by atoms with Gasteiger partial charge in [0.15, 0.2) is 0 Å². The van der Waals surface area contributed by atoms with Crippen LogP contribution in [0.2, 0.25) is 0 Å². The number of amides is 1. The van der Waals surface area contributed by atoms with Gasteiger partial charge in [-0.3, -0.25) is 14.5 Å². The Hall–Kier alpha value is -3.09. The molecule has 9 nitrogen and oxygen atoms in total. The summed E-state index contributed by atoms with van der Waals surface area (Å²) in [6.45, 7) is 7.48. The first-order valence-electron chi connectivity index (χ1n) is 10.5. The van der Waals surface area contributed by atoms with Crippen molar-refractivity contribution in [3.8, 4) is 11.8 Å². The van der Waals surface area contributed by atoms with Crippen LogP contribution in [0.3, 0.4) is 0 Å². The van der Waals surface area contributed by atoms with Gasteiger partial charge in [-0.1, -0.05) is 24.1 Å². The highest BCUT2D eigenvalue weighted by molar-refractivity contribution is 6.14. The summed E-state index contributed by atoms with van der Waals surface area (Å²) in [5, 5.41) is 0. The molecule has 0 radical (unpaired) electrons. The van der Waals surface area contributed by atoms with Crippen molar-refractivity contribution in [2.45, 2.75) is 45.4 Å². The molecule has 0 N–H and O–H groups in total. The van der Waals surface area contributed by atoms with Crippen LogP contribution in [-0.2, 0) is 38.7 Å². The molecular formula is C23H29NO8. The molecule has 174 valence electrons. The van der Waals surface area contributed by atoms with Gasteiger partial charge in [-0.15, -0.1) is 0 Å². The number of benzene rings is 1. The standard InChI is InChI=1S/C23H29NO8/c1-6-29-19(30-7-2)15-14-18-23(20(25)31-8-3,21(26)32-9-4)16-12-10-11-13-17(16)24(18)22(27)28-5/h10-13,18-19H,6-9H2,1-5H3/t18-/m0/s1. The van der Waals surface area contributed by atoms with E-state index in [0.29, 0.717) is 18.9 Å². The quantitative estimate of drug-likeness (QED) is 0.197. The van der Waals surface area contributed by atoms with Crippen molar-refractivity contribution in [1.82, 2.24) is 0 Å². The summed E-state index contributed by atoms with van der Waals surface area (Å²) in [6, 6.07) is 5.19. The lowest BCUT2D eigenvalue weighted by molar-refractivity contribution is -0.164. The highest BCUT2D eigenvalue weighted by atomic mass is 16.7. The maximum Gasteiger partial charge on any atom is 0.415 e. The van der Waals surface area contributed by atoms with Crippen LogP contribution in [-0.4, -0.2) is 63.9 Å². The number of nitrogens with zero attached hydrogens (tertiary/aromatic N) is 1. The predicted octanol–water partition coefficient (Wildman–Crippen LogP) is 2.41. The van der Waals surface area contributed by atoms with E-state index in [4.69, 9.17) is 23.7 Å². The van der Waals surface area contributed by atoms with Crippen molar-refractivity contribution < 1.29 is 38.1 Å². The monoisotopic (exact) mass is 447 g/mol. The lowest BCUT2D eigenvalue weighted by Crippen LogP contribution is -2.57. The number of para-hydroxylation sites is 1. The van der Waals surface area contributed by atoms with Crippen LogP contribution in [0.25, 0.3) is 0 Å². The van der Waals surface area contributed by atoms with Crippen molar-refractivity contribution in [2.24, 2.45) is 0 Å². The van der Waals surface area contributed by atoms with E-state index in [0.717, 1.165) is 4.90 Å². The van der Waals surface area contributed by atoms with Gasteiger partial charge in [-0.2, -0.15) is 0 Å². The van der Waals surface area contributed by atoms with Gasteiger partial charge in [0.05, 0.1) is 26.0 Å². The Bertz CT molecular complexity index is 863. The van der Waals surface area contributed by atoms with E-state index in [1.54, 1.807) is 52.0 Å². The Morgan fingerprint density at radius 3 is 2.03 bits per heavy atom. The fraction of sp³-hybridized carbons (Fsp3) is 0.522. The molecule has 32 heavy (non-hydrogen) atoms. The van der Waals surface area contributed by atoms with Gasteiger partial charge >= 0.3 is 18.0 Å². The maximum absolute atomic E-state index is 13.4. The molecule has 0 unspecified atom stereocenters. The van der Waals surface area contributed by atoms with Gasteiger partial charge in [0.25, 0.3) is 0 Å². The van der Waals surface area contributed by atoms with Gasteiger partial charge in [0, 0.05) is 18.8 Å². The number of esters is 2. The number of ether oxygens (including phenoxy) is 5. The average molecular weight is 447 g/mol. The third kappa shape index (κ3) is 4.56. The molecule has 0 saturated carbocycles. The molecule has 0 fully saturated rings. The minimum Gasteiger partial charge on any atom is -0.465 e. The SMILES string of the molecule is CCOC(=O)C1(C(=O)OCC)c2ccccc2N(C(=O)OC)[C@H]1C#CC(OCC)OCC. The Kier molecular flexibility index (Phi) is 9.05. The molecule has 0 aromatic heterocycles.